The molecular formula is C17H20N2O2. The summed E-state index contributed by atoms with van der Waals surface area (Å²) in [7, 11) is 3.34. The van der Waals surface area contributed by atoms with Crippen molar-refractivity contribution in [1.29, 1.82) is 0 Å². The van der Waals surface area contributed by atoms with Crippen LogP contribution in [-0.4, -0.2) is 20.8 Å². The summed E-state index contributed by atoms with van der Waals surface area (Å²) >= 11 is 0. The van der Waals surface area contributed by atoms with Crippen molar-refractivity contribution in [2.75, 3.05) is 20.8 Å². The van der Waals surface area contributed by atoms with Gasteiger partial charge in [0.05, 0.1) is 19.8 Å². The Morgan fingerprint density at radius 2 is 1.67 bits per heavy atom. The highest BCUT2D eigenvalue weighted by molar-refractivity contribution is 5.48. The largest absolute Gasteiger partial charge is 0.497 e. The minimum atomic E-state index is -0.536. The molecule has 0 aromatic heterocycles. The minimum Gasteiger partial charge on any atom is -0.497 e. The van der Waals surface area contributed by atoms with Gasteiger partial charge in [-0.2, -0.15) is 0 Å². The highest BCUT2D eigenvalue weighted by Crippen LogP contribution is 2.34. The van der Waals surface area contributed by atoms with Gasteiger partial charge >= 0.3 is 0 Å². The number of fused-ring (bicyclic) bond motifs is 1. The summed E-state index contributed by atoms with van der Waals surface area (Å²) in [4.78, 5) is 0. The van der Waals surface area contributed by atoms with Crippen LogP contribution in [0.25, 0.3) is 0 Å². The monoisotopic (exact) mass is 284 g/mol. The summed E-state index contributed by atoms with van der Waals surface area (Å²) in [5.41, 5.74) is 9.59. The molecule has 2 aromatic carbocycles. The molecule has 0 saturated heterocycles. The summed E-state index contributed by atoms with van der Waals surface area (Å²) in [5.74, 6) is 1.69. The quantitative estimate of drug-likeness (QED) is 0.905. The molecule has 0 fully saturated rings. The van der Waals surface area contributed by atoms with Gasteiger partial charge in [-0.15, -0.1) is 0 Å². The first-order valence-corrected chi connectivity index (χ1v) is 6.99. The zero-order valence-electron chi connectivity index (χ0n) is 12.3. The molecule has 1 atom stereocenters. The lowest BCUT2D eigenvalue weighted by atomic mass is 9.79. The van der Waals surface area contributed by atoms with Crippen LogP contribution in [-0.2, 0) is 12.1 Å². The van der Waals surface area contributed by atoms with Crippen LogP contribution in [0.15, 0.2) is 42.5 Å². The van der Waals surface area contributed by atoms with E-state index in [0.29, 0.717) is 6.54 Å². The van der Waals surface area contributed by atoms with Crippen molar-refractivity contribution < 1.29 is 9.47 Å². The van der Waals surface area contributed by atoms with Crippen LogP contribution in [0.1, 0.15) is 16.7 Å². The lowest BCUT2D eigenvalue weighted by molar-refractivity contribution is 0.406. The third-order valence-corrected chi connectivity index (χ3v) is 4.12. The predicted octanol–water partition coefficient (Wildman–Crippen LogP) is 2.01. The normalized spacial score (nSPS) is 20.7. The summed E-state index contributed by atoms with van der Waals surface area (Å²) in [6.07, 6.45) is 0. The molecule has 0 radical (unpaired) electrons. The second-order valence-corrected chi connectivity index (χ2v) is 5.33. The number of hydrogen-bond donors (Lipinski definition) is 2. The Bertz CT molecular complexity index is 640. The van der Waals surface area contributed by atoms with Crippen LogP contribution in [0.3, 0.4) is 0 Å². The van der Waals surface area contributed by atoms with Gasteiger partial charge in [-0.1, -0.05) is 18.2 Å². The maximum Gasteiger partial charge on any atom is 0.119 e. The maximum absolute atomic E-state index is 6.73. The molecule has 3 N–H and O–H groups in total. The van der Waals surface area contributed by atoms with Gasteiger partial charge in [0.15, 0.2) is 0 Å². The molecule has 21 heavy (non-hydrogen) atoms. The lowest BCUT2D eigenvalue weighted by Gasteiger charge is -2.37. The van der Waals surface area contributed by atoms with Gasteiger partial charge in [0, 0.05) is 13.1 Å². The van der Waals surface area contributed by atoms with Crippen molar-refractivity contribution in [3.8, 4) is 11.5 Å². The number of nitrogens with one attached hydrogen (secondary N) is 1. The molecule has 2 aromatic rings. The highest BCUT2D eigenvalue weighted by Gasteiger charge is 2.34. The predicted molar refractivity (Wildman–Crippen MR) is 82.7 cm³/mol. The van der Waals surface area contributed by atoms with E-state index in [1.807, 2.05) is 36.4 Å². The zero-order chi connectivity index (χ0) is 14.9. The Morgan fingerprint density at radius 1 is 1.00 bits per heavy atom. The first-order chi connectivity index (χ1) is 10.2. The molecule has 1 heterocycles. The number of hydrogen-bond acceptors (Lipinski definition) is 4. The topological polar surface area (TPSA) is 56.5 Å². The number of nitrogens with two attached hydrogens (primary N) is 1. The van der Waals surface area contributed by atoms with Crippen molar-refractivity contribution in [2.24, 2.45) is 5.73 Å². The zero-order valence-corrected chi connectivity index (χ0v) is 12.3. The number of methoxy groups -OCH3 is 2. The molecule has 3 rings (SSSR count). The van der Waals surface area contributed by atoms with Crippen LogP contribution in [0, 0.1) is 0 Å². The second kappa shape index (κ2) is 5.39. The van der Waals surface area contributed by atoms with E-state index < -0.39 is 5.54 Å². The van der Waals surface area contributed by atoms with Gasteiger partial charge in [-0.3, -0.25) is 0 Å². The van der Waals surface area contributed by atoms with Gasteiger partial charge in [0.1, 0.15) is 11.5 Å². The van der Waals surface area contributed by atoms with Gasteiger partial charge in [0.25, 0.3) is 0 Å². The molecule has 0 aliphatic carbocycles. The molecule has 4 nitrogen and oxygen atoms in total. The lowest BCUT2D eigenvalue weighted by Crippen LogP contribution is -2.50. The van der Waals surface area contributed by atoms with E-state index in [1.165, 1.54) is 5.56 Å². The average molecular weight is 284 g/mol. The first-order valence-electron chi connectivity index (χ1n) is 6.99. The van der Waals surface area contributed by atoms with E-state index in [2.05, 4.69) is 11.4 Å². The van der Waals surface area contributed by atoms with E-state index in [-0.39, 0.29) is 0 Å². The molecule has 4 heteroatoms. The summed E-state index contributed by atoms with van der Waals surface area (Å²) in [6, 6.07) is 14.0. The molecule has 1 aliphatic heterocycles. The molecule has 0 saturated carbocycles. The van der Waals surface area contributed by atoms with Crippen molar-refractivity contribution in [1.82, 2.24) is 5.32 Å². The van der Waals surface area contributed by atoms with E-state index >= 15 is 0 Å². The van der Waals surface area contributed by atoms with E-state index in [0.717, 1.165) is 29.2 Å². The van der Waals surface area contributed by atoms with Crippen molar-refractivity contribution in [3.63, 3.8) is 0 Å². The molecule has 0 spiro atoms. The molecule has 1 aliphatic rings. The Kier molecular flexibility index (Phi) is 3.57. The third kappa shape index (κ3) is 2.37. The molecule has 0 amide bonds. The smallest absolute Gasteiger partial charge is 0.119 e. The van der Waals surface area contributed by atoms with E-state index in [4.69, 9.17) is 15.2 Å². The van der Waals surface area contributed by atoms with Crippen LogP contribution in [0.5, 0.6) is 11.5 Å². The van der Waals surface area contributed by atoms with Crippen molar-refractivity contribution in [3.05, 3.63) is 59.2 Å². The fourth-order valence-corrected chi connectivity index (χ4v) is 2.91. The SMILES string of the molecule is COc1ccc(C2(N)CNCc3cc(OC)ccc32)cc1. The maximum atomic E-state index is 6.73. The van der Waals surface area contributed by atoms with Crippen LogP contribution in [0.4, 0.5) is 0 Å². The Hall–Kier alpha value is -2.04. The van der Waals surface area contributed by atoms with Crippen LogP contribution < -0.4 is 20.5 Å². The Labute approximate surface area is 124 Å². The summed E-state index contributed by atoms with van der Waals surface area (Å²) in [6.45, 7) is 1.51. The van der Waals surface area contributed by atoms with Gasteiger partial charge in [0.2, 0.25) is 0 Å². The van der Waals surface area contributed by atoms with Gasteiger partial charge < -0.3 is 20.5 Å². The number of rotatable bonds is 3. The fraction of sp³-hybridized carbons (Fsp3) is 0.294. The Balaban J connectivity index is 2.05. The molecule has 1 unspecified atom stereocenters. The van der Waals surface area contributed by atoms with Crippen LogP contribution in [0.2, 0.25) is 0 Å². The summed E-state index contributed by atoms with van der Waals surface area (Å²) in [5, 5.41) is 3.40. The van der Waals surface area contributed by atoms with Crippen LogP contribution >= 0.6 is 0 Å². The second-order valence-electron chi connectivity index (χ2n) is 5.33. The van der Waals surface area contributed by atoms with Gasteiger partial charge in [-0.05, 0) is 41.0 Å². The van der Waals surface area contributed by atoms with Gasteiger partial charge in [-0.25, -0.2) is 0 Å². The fourth-order valence-electron chi connectivity index (χ4n) is 2.91. The van der Waals surface area contributed by atoms with E-state index in [9.17, 15) is 0 Å². The number of ether oxygens (including phenoxy) is 2. The van der Waals surface area contributed by atoms with Crippen molar-refractivity contribution >= 4 is 0 Å². The molecular weight excluding hydrogens is 264 g/mol. The molecule has 0 bridgehead atoms. The standard InChI is InChI=1S/C17H20N2O2/c1-20-14-5-3-13(4-6-14)17(18)11-19-10-12-9-15(21-2)7-8-16(12)17/h3-9,19H,10-11,18H2,1-2H3. The molecule has 110 valence electrons. The average Bonchev–Trinajstić information content (AvgIpc) is 2.54. The Morgan fingerprint density at radius 3 is 2.33 bits per heavy atom. The third-order valence-electron chi connectivity index (χ3n) is 4.12. The van der Waals surface area contributed by atoms with Crippen molar-refractivity contribution in [2.45, 2.75) is 12.1 Å². The summed E-state index contributed by atoms with van der Waals surface area (Å²) < 4.78 is 10.5. The minimum absolute atomic E-state index is 0.536. The highest BCUT2D eigenvalue weighted by atomic mass is 16.5. The van der Waals surface area contributed by atoms with E-state index in [1.54, 1.807) is 14.2 Å². The number of benzene rings is 2. The first kappa shape index (κ1) is 13.9.